The number of carboxylic acid groups (broad SMARTS) is 1. The Bertz CT molecular complexity index is 1270. The van der Waals surface area contributed by atoms with Crippen LogP contribution in [0.15, 0.2) is 66.7 Å². The van der Waals surface area contributed by atoms with Crippen molar-refractivity contribution in [3.05, 3.63) is 88.4 Å². The minimum Gasteiger partial charge on any atom is -0.480 e. The van der Waals surface area contributed by atoms with Gasteiger partial charge in [-0.15, -0.1) is 0 Å². The summed E-state index contributed by atoms with van der Waals surface area (Å²) in [5, 5.41) is 14.6. The molecular formula is C27H23ClN2O5. The number of anilines is 1. The van der Waals surface area contributed by atoms with E-state index in [2.05, 4.69) is 22.8 Å². The second-order valence-electron chi connectivity index (χ2n) is 8.77. The molecule has 178 valence electrons. The van der Waals surface area contributed by atoms with Crippen molar-refractivity contribution in [1.82, 2.24) is 5.32 Å². The highest BCUT2D eigenvalue weighted by Crippen LogP contribution is 2.44. The van der Waals surface area contributed by atoms with Crippen LogP contribution in [0.2, 0.25) is 5.02 Å². The van der Waals surface area contributed by atoms with E-state index < -0.39 is 24.0 Å². The maximum absolute atomic E-state index is 12.5. The number of hydrogen-bond acceptors (Lipinski definition) is 4. The predicted molar refractivity (Wildman–Crippen MR) is 132 cm³/mol. The number of benzene rings is 3. The maximum Gasteiger partial charge on any atom is 0.411 e. The molecule has 3 aromatic carbocycles. The largest absolute Gasteiger partial charge is 0.480 e. The van der Waals surface area contributed by atoms with Crippen LogP contribution in [0.25, 0.3) is 11.1 Å². The Labute approximate surface area is 207 Å². The van der Waals surface area contributed by atoms with E-state index in [-0.39, 0.29) is 34.7 Å². The van der Waals surface area contributed by atoms with Crippen LogP contribution in [0.4, 0.5) is 10.5 Å². The first-order valence-corrected chi connectivity index (χ1v) is 11.8. The van der Waals surface area contributed by atoms with Gasteiger partial charge in [-0.05, 0) is 59.2 Å². The first kappa shape index (κ1) is 22.9. The minimum absolute atomic E-state index is 0.0403. The van der Waals surface area contributed by atoms with Crippen molar-refractivity contribution >= 4 is 35.3 Å². The summed E-state index contributed by atoms with van der Waals surface area (Å²) >= 11 is 6.29. The molecule has 2 amide bonds. The Morgan fingerprint density at radius 2 is 1.60 bits per heavy atom. The van der Waals surface area contributed by atoms with Crippen molar-refractivity contribution in [3.8, 4) is 11.1 Å². The van der Waals surface area contributed by atoms with E-state index in [0.29, 0.717) is 0 Å². The molecule has 8 heteroatoms. The molecule has 35 heavy (non-hydrogen) atoms. The molecule has 0 saturated heterocycles. The summed E-state index contributed by atoms with van der Waals surface area (Å²) < 4.78 is 5.54. The topological polar surface area (TPSA) is 105 Å². The quantitative estimate of drug-likeness (QED) is 0.417. The van der Waals surface area contributed by atoms with Crippen LogP contribution >= 0.6 is 11.6 Å². The van der Waals surface area contributed by atoms with E-state index in [1.54, 1.807) is 0 Å². The molecule has 3 aromatic rings. The van der Waals surface area contributed by atoms with E-state index in [1.165, 1.54) is 18.2 Å². The van der Waals surface area contributed by atoms with Gasteiger partial charge in [-0.1, -0.05) is 60.1 Å². The number of amides is 2. The number of ether oxygens (including phenoxy) is 1. The number of fused-ring (bicyclic) bond motifs is 3. The van der Waals surface area contributed by atoms with Crippen molar-refractivity contribution in [3.63, 3.8) is 0 Å². The third-order valence-corrected chi connectivity index (χ3v) is 6.77. The Morgan fingerprint density at radius 3 is 2.17 bits per heavy atom. The number of hydrogen-bond donors (Lipinski definition) is 3. The van der Waals surface area contributed by atoms with E-state index in [1.807, 2.05) is 36.4 Å². The van der Waals surface area contributed by atoms with E-state index in [4.69, 9.17) is 16.3 Å². The Balaban J connectivity index is 1.22. The lowest BCUT2D eigenvalue weighted by Crippen LogP contribution is -2.42. The zero-order valence-electron chi connectivity index (χ0n) is 18.7. The van der Waals surface area contributed by atoms with Gasteiger partial charge in [0.1, 0.15) is 12.6 Å². The van der Waals surface area contributed by atoms with Gasteiger partial charge in [-0.25, -0.2) is 9.59 Å². The van der Waals surface area contributed by atoms with Crippen molar-refractivity contribution < 1.29 is 24.2 Å². The number of halogens is 1. The van der Waals surface area contributed by atoms with Crippen LogP contribution in [0.1, 0.15) is 40.2 Å². The standard InChI is InChI=1S/C27H23ClN2O5/c28-22-13-16(25(31)30-24(26(32)33)15-9-10-15)11-12-23(22)29-27(34)35-14-21-19-7-3-1-5-17(19)18-6-2-4-8-20(18)21/h1-8,11-13,15,21,24H,9-10,14H2,(H,29,34)(H,30,31)(H,32,33). The zero-order chi connectivity index (χ0) is 24.5. The van der Waals surface area contributed by atoms with Crippen molar-refractivity contribution in [2.45, 2.75) is 24.8 Å². The van der Waals surface area contributed by atoms with Gasteiger partial charge in [0, 0.05) is 11.5 Å². The smallest absolute Gasteiger partial charge is 0.411 e. The zero-order valence-corrected chi connectivity index (χ0v) is 19.4. The van der Waals surface area contributed by atoms with Crippen LogP contribution in [0.3, 0.4) is 0 Å². The molecule has 5 rings (SSSR count). The van der Waals surface area contributed by atoms with Gasteiger partial charge in [0.25, 0.3) is 5.91 Å². The number of rotatable bonds is 7. The highest BCUT2D eigenvalue weighted by Gasteiger charge is 2.37. The van der Waals surface area contributed by atoms with Crippen molar-refractivity contribution in [2.24, 2.45) is 5.92 Å². The molecule has 0 aromatic heterocycles. The second-order valence-corrected chi connectivity index (χ2v) is 9.18. The number of carbonyl (C=O) groups excluding carboxylic acids is 2. The van der Waals surface area contributed by atoms with E-state index in [9.17, 15) is 19.5 Å². The summed E-state index contributed by atoms with van der Waals surface area (Å²) in [6.45, 7) is 0.162. The molecule has 0 aliphatic heterocycles. The van der Waals surface area contributed by atoms with Gasteiger partial charge >= 0.3 is 12.1 Å². The third kappa shape index (κ3) is 4.72. The lowest BCUT2D eigenvalue weighted by Gasteiger charge is -2.16. The van der Waals surface area contributed by atoms with Gasteiger partial charge in [-0.3, -0.25) is 10.1 Å². The van der Waals surface area contributed by atoms with Gasteiger partial charge in [0.2, 0.25) is 0 Å². The first-order valence-electron chi connectivity index (χ1n) is 11.4. The Hall–Kier alpha value is -3.84. The molecular weight excluding hydrogens is 468 g/mol. The Kier molecular flexibility index (Phi) is 6.17. The molecule has 7 nitrogen and oxygen atoms in total. The normalized spacial score (nSPS) is 15.0. The molecule has 3 N–H and O–H groups in total. The SMILES string of the molecule is O=C(Nc1ccc(C(=O)NC(C(=O)O)C2CC2)cc1Cl)OCC1c2ccccc2-c2ccccc21. The highest BCUT2D eigenvalue weighted by molar-refractivity contribution is 6.34. The number of aliphatic carboxylic acids is 1. The first-order chi connectivity index (χ1) is 16.9. The molecule has 0 spiro atoms. The summed E-state index contributed by atoms with van der Waals surface area (Å²) in [4.78, 5) is 36.4. The minimum atomic E-state index is -1.06. The van der Waals surface area contributed by atoms with Crippen molar-refractivity contribution in [1.29, 1.82) is 0 Å². The lowest BCUT2D eigenvalue weighted by molar-refractivity contribution is -0.139. The molecule has 0 radical (unpaired) electrons. The van der Waals surface area contributed by atoms with Crippen LogP contribution in [-0.2, 0) is 9.53 Å². The van der Waals surface area contributed by atoms with E-state index >= 15 is 0 Å². The fourth-order valence-corrected chi connectivity index (χ4v) is 4.77. The molecule has 0 bridgehead atoms. The summed E-state index contributed by atoms with van der Waals surface area (Å²) in [6, 6.07) is 19.6. The molecule has 2 aliphatic rings. The summed E-state index contributed by atoms with van der Waals surface area (Å²) in [6.07, 6.45) is 0.896. The third-order valence-electron chi connectivity index (χ3n) is 6.46. The summed E-state index contributed by atoms with van der Waals surface area (Å²) in [5.74, 6) is -1.69. The lowest BCUT2D eigenvalue weighted by atomic mass is 9.98. The van der Waals surface area contributed by atoms with Crippen LogP contribution in [-0.4, -0.2) is 35.7 Å². The van der Waals surface area contributed by atoms with Crippen LogP contribution in [0.5, 0.6) is 0 Å². The summed E-state index contributed by atoms with van der Waals surface area (Å²) in [7, 11) is 0. The average Bonchev–Trinajstić information content (AvgIpc) is 3.64. The maximum atomic E-state index is 12.5. The average molecular weight is 491 g/mol. The van der Waals surface area contributed by atoms with Crippen LogP contribution < -0.4 is 10.6 Å². The van der Waals surface area contributed by atoms with Gasteiger partial charge < -0.3 is 15.2 Å². The van der Waals surface area contributed by atoms with Gasteiger partial charge in [-0.2, -0.15) is 0 Å². The fraction of sp³-hybridized carbons (Fsp3) is 0.222. The molecule has 2 aliphatic carbocycles. The fourth-order valence-electron chi connectivity index (χ4n) is 4.54. The van der Waals surface area contributed by atoms with Gasteiger partial charge in [0.15, 0.2) is 0 Å². The number of carboxylic acids is 1. The summed E-state index contributed by atoms with van der Waals surface area (Å²) in [5.41, 5.74) is 5.00. The highest BCUT2D eigenvalue weighted by atomic mass is 35.5. The number of carbonyl (C=O) groups is 3. The molecule has 1 atom stereocenters. The van der Waals surface area contributed by atoms with Gasteiger partial charge in [0.05, 0.1) is 10.7 Å². The molecule has 1 saturated carbocycles. The second kappa shape index (κ2) is 9.43. The number of nitrogens with one attached hydrogen (secondary N) is 2. The monoisotopic (exact) mass is 490 g/mol. The molecule has 1 unspecified atom stereocenters. The molecule has 1 fully saturated rings. The van der Waals surface area contributed by atoms with Crippen molar-refractivity contribution in [2.75, 3.05) is 11.9 Å². The van der Waals surface area contributed by atoms with E-state index in [0.717, 1.165) is 35.1 Å². The van der Waals surface area contributed by atoms with Crippen LogP contribution in [0, 0.1) is 5.92 Å². The Morgan fingerprint density at radius 1 is 0.971 bits per heavy atom. The molecule has 0 heterocycles. The predicted octanol–water partition coefficient (Wildman–Crippen LogP) is 5.29.